The molecular weight excluding hydrogens is 336 g/mol. The van der Waals surface area contributed by atoms with Gasteiger partial charge in [0.25, 0.3) is 0 Å². The van der Waals surface area contributed by atoms with Crippen molar-refractivity contribution in [2.45, 2.75) is 11.6 Å². The van der Waals surface area contributed by atoms with E-state index in [1.165, 1.54) is 18.1 Å². The van der Waals surface area contributed by atoms with E-state index in [0.29, 0.717) is 11.6 Å². The van der Waals surface area contributed by atoms with Crippen LogP contribution in [-0.2, 0) is 11.3 Å². The highest BCUT2D eigenvalue weighted by atomic mass is 32.2. The first kappa shape index (κ1) is 16.9. The van der Waals surface area contributed by atoms with E-state index in [9.17, 15) is 9.59 Å². The molecule has 0 unspecified atom stereocenters. The Balaban J connectivity index is 1.50. The average Bonchev–Trinajstić information content (AvgIpc) is 2.65. The number of carbonyl (C=O) groups is 2. The van der Waals surface area contributed by atoms with Crippen molar-refractivity contribution in [3.63, 3.8) is 0 Å². The largest absolute Gasteiger partial charge is 0.334 e. The van der Waals surface area contributed by atoms with E-state index >= 15 is 0 Å². The molecule has 7 heteroatoms. The van der Waals surface area contributed by atoms with Crippen LogP contribution in [0.25, 0.3) is 10.9 Å². The minimum atomic E-state index is -0.512. The number of hydrogen-bond donors (Lipinski definition) is 2. The number of nitrogens with zero attached hydrogens (tertiary/aromatic N) is 2. The van der Waals surface area contributed by atoms with Gasteiger partial charge in [-0.05, 0) is 11.6 Å². The van der Waals surface area contributed by atoms with Gasteiger partial charge in [0, 0.05) is 11.9 Å². The molecule has 3 amide bonds. The van der Waals surface area contributed by atoms with Crippen molar-refractivity contribution < 1.29 is 9.59 Å². The Bertz CT molecular complexity index is 881. The predicted molar refractivity (Wildman–Crippen MR) is 97.1 cm³/mol. The molecule has 0 atom stereocenters. The summed E-state index contributed by atoms with van der Waals surface area (Å²) < 4.78 is 0. The quantitative estimate of drug-likeness (QED) is 0.545. The summed E-state index contributed by atoms with van der Waals surface area (Å²) in [5, 5.41) is 6.57. The minimum absolute atomic E-state index is 0.0970. The van der Waals surface area contributed by atoms with Gasteiger partial charge in [-0.3, -0.25) is 10.1 Å². The molecule has 0 aliphatic carbocycles. The second-order valence-electron chi connectivity index (χ2n) is 5.20. The number of para-hydroxylation sites is 1. The second kappa shape index (κ2) is 8.25. The van der Waals surface area contributed by atoms with Crippen molar-refractivity contribution in [1.82, 2.24) is 20.6 Å². The molecule has 126 valence electrons. The highest BCUT2D eigenvalue weighted by molar-refractivity contribution is 8.00. The van der Waals surface area contributed by atoms with Gasteiger partial charge in [0.2, 0.25) is 5.91 Å². The normalized spacial score (nSPS) is 10.4. The fraction of sp³-hybridized carbons (Fsp3) is 0.111. The van der Waals surface area contributed by atoms with E-state index in [1.807, 2.05) is 54.6 Å². The molecule has 0 spiro atoms. The standard InChI is InChI=1S/C18H16N4O2S/c23-16(22-18(24)19-10-13-6-2-1-3-7-13)11-25-17-14-8-4-5-9-15(14)20-12-21-17/h1-9,12H,10-11H2,(H2,19,22,23,24). The number of carbonyl (C=O) groups excluding carboxylic acids is 2. The highest BCUT2D eigenvalue weighted by Crippen LogP contribution is 2.23. The Labute approximate surface area is 149 Å². The highest BCUT2D eigenvalue weighted by Gasteiger charge is 2.10. The molecule has 0 fully saturated rings. The van der Waals surface area contributed by atoms with Crippen molar-refractivity contribution in [1.29, 1.82) is 0 Å². The molecular formula is C18H16N4O2S. The molecule has 6 nitrogen and oxygen atoms in total. The van der Waals surface area contributed by atoms with Gasteiger partial charge in [-0.2, -0.15) is 0 Å². The summed E-state index contributed by atoms with van der Waals surface area (Å²) in [6.07, 6.45) is 1.47. The van der Waals surface area contributed by atoms with Crippen LogP contribution >= 0.6 is 11.8 Å². The number of aromatic nitrogens is 2. The van der Waals surface area contributed by atoms with Gasteiger partial charge in [-0.15, -0.1) is 0 Å². The van der Waals surface area contributed by atoms with Crippen LogP contribution in [-0.4, -0.2) is 27.7 Å². The molecule has 0 bridgehead atoms. The number of rotatable bonds is 5. The summed E-state index contributed by atoms with van der Waals surface area (Å²) in [4.78, 5) is 32.1. The van der Waals surface area contributed by atoms with Crippen molar-refractivity contribution in [2.24, 2.45) is 0 Å². The zero-order chi connectivity index (χ0) is 17.5. The fourth-order valence-corrected chi connectivity index (χ4v) is 3.00. The Morgan fingerprint density at radius 3 is 2.56 bits per heavy atom. The van der Waals surface area contributed by atoms with Crippen LogP contribution in [0.2, 0.25) is 0 Å². The molecule has 1 heterocycles. The molecule has 25 heavy (non-hydrogen) atoms. The lowest BCUT2D eigenvalue weighted by molar-refractivity contribution is -0.117. The van der Waals surface area contributed by atoms with Gasteiger partial charge in [0.05, 0.1) is 11.3 Å². The van der Waals surface area contributed by atoms with E-state index in [1.54, 1.807) is 0 Å². The molecule has 1 aromatic heterocycles. The first-order valence-corrected chi connectivity index (χ1v) is 8.65. The summed E-state index contributed by atoms with van der Waals surface area (Å²) in [6.45, 7) is 0.365. The molecule has 2 aromatic carbocycles. The SMILES string of the molecule is O=C(CSc1ncnc2ccccc12)NC(=O)NCc1ccccc1. The van der Waals surface area contributed by atoms with Crippen LogP contribution in [0.3, 0.4) is 0 Å². The predicted octanol–water partition coefficient (Wildman–Crippen LogP) is 2.75. The Morgan fingerprint density at radius 1 is 0.960 bits per heavy atom. The van der Waals surface area contributed by atoms with Crippen molar-refractivity contribution in [3.05, 3.63) is 66.5 Å². The van der Waals surface area contributed by atoms with Gasteiger partial charge >= 0.3 is 6.03 Å². The van der Waals surface area contributed by atoms with Crippen molar-refractivity contribution in [2.75, 3.05) is 5.75 Å². The number of benzene rings is 2. The van der Waals surface area contributed by atoms with Gasteiger partial charge in [-0.1, -0.05) is 60.3 Å². The number of urea groups is 1. The number of imide groups is 1. The minimum Gasteiger partial charge on any atom is -0.334 e. The first-order chi connectivity index (χ1) is 12.2. The van der Waals surface area contributed by atoms with Crippen LogP contribution in [0.5, 0.6) is 0 Å². The molecule has 0 radical (unpaired) electrons. The summed E-state index contributed by atoms with van der Waals surface area (Å²) in [5.74, 6) is -0.280. The zero-order valence-corrected chi connectivity index (χ0v) is 14.1. The summed E-state index contributed by atoms with van der Waals surface area (Å²) in [7, 11) is 0. The number of fused-ring (bicyclic) bond motifs is 1. The lowest BCUT2D eigenvalue weighted by Gasteiger charge is -2.07. The second-order valence-corrected chi connectivity index (χ2v) is 6.17. The van der Waals surface area contributed by atoms with Crippen molar-refractivity contribution in [3.8, 4) is 0 Å². The molecule has 0 aliphatic rings. The summed E-state index contributed by atoms with van der Waals surface area (Å²) in [6, 6.07) is 16.6. The van der Waals surface area contributed by atoms with E-state index in [0.717, 1.165) is 16.5 Å². The van der Waals surface area contributed by atoms with E-state index < -0.39 is 6.03 Å². The molecule has 0 aliphatic heterocycles. The number of thioether (sulfide) groups is 1. The van der Waals surface area contributed by atoms with E-state index in [4.69, 9.17) is 0 Å². The maximum absolute atomic E-state index is 11.9. The van der Waals surface area contributed by atoms with Crippen LogP contribution in [0.15, 0.2) is 66.0 Å². The molecule has 2 N–H and O–H groups in total. The maximum Gasteiger partial charge on any atom is 0.321 e. The monoisotopic (exact) mass is 352 g/mol. The number of hydrogen-bond acceptors (Lipinski definition) is 5. The molecule has 3 aromatic rings. The van der Waals surface area contributed by atoms with Crippen LogP contribution in [0.4, 0.5) is 4.79 Å². The molecule has 3 rings (SSSR count). The summed E-state index contributed by atoms with van der Waals surface area (Å²) in [5.41, 5.74) is 1.79. The topological polar surface area (TPSA) is 84.0 Å². The van der Waals surface area contributed by atoms with Gasteiger partial charge < -0.3 is 5.32 Å². The van der Waals surface area contributed by atoms with Gasteiger partial charge in [0.15, 0.2) is 0 Å². The lowest BCUT2D eigenvalue weighted by atomic mass is 10.2. The average molecular weight is 352 g/mol. The van der Waals surface area contributed by atoms with Gasteiger partial charge in [-0.25, -0.2) is 14.8 Å². The third kappa shape index (κ3) is 4.77. The van der Waals surface area contributed by atoms with E-state index in [-0.39, 0.29) is 11.7 Å². The molecule has 0 saturated heterocycles. The fourth-order valence-electron chi connectivity index (χ4n) is 2.21. The van der Waals surface area contributed by atoms with Crippen molar-refractivity contribution >= 4 is 34.6 Å². The Kier molecular flexibility index (Phi) is 5.58. The lowest BCUT2D eigenvalue weighted by Crippen LogP contribution is -2.39. The van der Waals surface area contributed by atoms with Gasteiger partial charge in [0.1, 0.15) is 11.4 Å². The number of amides is 3. The third-order valence-corrected chi connectivity index (χ3v) is 4.40. The Hall–Kier alpha value is -2.93. The van der Waals surface area contributed by atoms with Crippen LogP contribution in [0.1, 0.15) is 5.56 Å². The Morgan fingerprint density at radius 2 is 1.72 bits per heavy atom. The zero-order valence-electron chi connectivity index (χ0n) is 13.3. The first-order valence-electron chi connectivity index (χ1n) is 7.66. The van der Waals surface area contributed by atoms with Crippen LogP contribution < -0.4 is 10.6 Å². The maximum atomic E-state index is 11.9. The third-order valence-electron chi connectivity index (χ3n) is 3.40. The number of nitrogens with one attached hydrogen (secondary N) is 2. The van der Waals surface area contributed by atoms with E-state index in [2.05, 4.69) is 20.6 Å². The smallest absolute Gasteiger partial charge is 0.321 e. The summed E-state index contributed by atoms with van der Waals surface area (Å²) >= 11 is 1.27. The molecule has 0 saturated carbocycles. The van der Waals surface area contributed by atoms with Crippen LogP contribution in [0, 0.1) is 0 Å².